The molecular weight excluding hydrogens is 245 g/mol. The van der Waals surface area contributed by atoms with Crippen LogP contribution in [-0.4, -0.2) is 15.2 Å². The van der Waals surface area contributed by atoms with Crippen LogP contribution >= 0.6 is 0 Å². The summed E-state index contributed by atoms with van der Waals surface area (Å²) in [5, 5.41) is 0. The van der Waals surface area contributed by atoms with Crippen molar-refractivity contribution in [3.05, 3.63) is 47.9 Å². The molecular formula is C12H9F3N2O. The maximum Gasteiger partial charge on any atom is 0.419 e. The van der Waals surface area contributed by atoms with E-state index in [1.165, 1.54) is 19.2 Å². The van der Waals surface area contributed by atoms with Crippen LogP contribution in [0.3, 0.4) is 0 Å². The van der Waals surface area contributed by atoms with Crippen molar-refractivity contribution in [2.45, 2.75) is 13.1 Å². The van der Waals surface area contributed by atoms with E-state index in [1.807, 2.05) is 0 Å². The van der Waals surface area contributed by atoms with E-state index in [9.17, 15) is 18.0 Å². The Morgan fingerprint density at radius 3 is 2.67 bits per heavy atom. The van der Waals surface area contributed by atoms with Crippen molar-refractivity contribution < 1.29 is 18.0 Å². The Labute approximate surface area is 101 Å². The minimum Gasteiger partial charge on any atom is -0.296 e. The molecule has 0 aromatic carbocycles. The molecule has 3 nitrogen and oxygen atoms in total. The lowest BCUT2D eigenvalue weighted by molar-refractivity contribution is -0.136. The number of hydrogen-bond acceptors (Lipinski definition) is 2. The lowest BCUT2D eigenvalue weighted by Crippen LogP contribution is -2.09. The molecule has 6 heteroatoms. The number of aromatic nitrogens is 2. The van der Waals surface area contributed by atoms with E-state index in [0.29, 0.717) is 0 Å². The van der Waals surface area contributed by atoms with Crippen LogP contribution in [0, 0.1) is 0 Å². The third-order valence-electron chi connectivity index (χ3n) is 2.46. The number of allylic oxidation sites excluding steroid dienone is 1. The van der Waals surface area contributed by atoms with Crippen molar-refractivity contribution in [1.82, 2.24) is 9.38 Å². The third kappa shape index (κ3) is 1.90. The fraction of sp³-hybridized carbons (Fsp3) is 0.167. The Hall–Kier alpha value is -2.11. The van der Waals surface area contributed by atoms with E-state index in [1.54, 1.807) is 0 Å². The monoisotopic (exact) mass is 254 g/mol. The topological polar surface area (TPSA) is 34.4 Å². The highest BCUT2D eigenvalue weighted by molar-refractivity contribution is 6.07. The third-order valence-corrected chi connectivity index (χ3v) is 2.46. The number of halogens is 3. The molecule has 0 saturated carbocycles. The zero-order valence-corrected chi connectivity index (χ0v) is 9.45. The number of rotatable bonds is 2. The molecule has 0 bridgehead atoms. The molecule has 0 amide bonds. The van der Waals surface area contributed by atoms with Gasteiger partial charge < -0.3 is 0 Å². The summed E-state index contributed by atoms with van der Waals surface area (Å²) in [6.07, 6.45) is -2.01. The first kappa shape index (κ1) is 12.3. The standard InChI is InChI=1S/C12H9F3N2O/c1-7(2)10(18)9-6-16-11-8(12(13,14)15)4-3-5-17(9)11/h3-6H,1H2,2H3. The first-order valence-corrected chi connectivity index (χ1v) is 5.06. The summed E-state index contributed by atoms with van der Waals surface area (Å²) >= 11 is 0. The molecule has 0 aliphatic heterocycles. The maximum atomic E-state index is 12.7. The summed E-state index contributed by atoms with van der Waals surface area (Å²) in [4.78, 5) is 15.4. The van der Waals surface area contributed by atoms with Gasteiger partial charge in [-0.25, -0.2) is 4.98 Å². The molecule has 2 rings (SSSR count). The number of Topliss-reactive ketones (excluding diaryl/α,β-unsaturated/α-hetero) is 1. The molecule has 0 spiro atoms. The van der Waals surface area contributed by atoms with Gasteiger partial charge in [0.25, 0.3) is 0 Å². The summed E-state index contributed by atoms with van der Waals surface area (Å²) in [5.41, 5.74) is -0.835. The Balaban J connectivity index is 2.70. The molecule has 2 aromatic heterocycles. The molecule has 0 aliphatic rings. The van der Waals surface area contributed by atoms with Crippen molar-refractivity contribution in [2.75, 3.05) is 0 Å². The number of imidazole rings is 1. The zero-order valence-electron chi connectivity index (χ0n) is 9.45. The van der Waals surface area contributed by atoms with Gasteiger partial charge in [-0.15, -0.1) is 0 Å². The Bertz CT molecular complexity index is 640. The van der Waals surface area contributed by atoms with Gasteiger partial charge in [0.05, 0.1) is 11.8 Å². The van der Waals surface area contributed by atoms with Crippen LogP contribution in [0.4, 0.5) is 13.2 Å². The Morgan fingerprint density at radius 2 is 2.11 bits per heavy atom. The van der Waals surface area contributed by atoms with Crippen LogP contribution in [0.2, 0.25) is 0 Å². The lowest BCUT2D eigenvalue weighted by atomic mass is 10.2. The van der Waals surface area contributed by atoms with Crippen molar-refractivity contribution in [1.29, 1.82) is 0 Å². The minimum absolute atomic E-state index is 0.0728. The number of nitrogens with zero attached hydrogens (tertiary/aromatic N) is 2. The molecule has 0 saturated heterocycles. The predicted molar refractivity (Wildman–Crippen MR) is 59.3 cm³/mol. The molecule has 0 unspecified atom stereocenters. The second-order valence-corrected chi connectivity index (χ2v) is 3.87. The number of hydrogen-bond donors (Lipinski definition) is 0. The quantitative estimate of drug-likeness (QED) is 0.609. The van der Waals surface area contributed by atoms with Crippen LogP contribution in [0.1, 0.15) is 23.0 Å². The van der Waals surface area contributed by atoms with E-state index in [0.717, 1.165) is 16.7 Å². The molecule has 2 heterocycles. The van der Waals surface area contributed by atoms with Crippen LogP contribution < -0.4 is 0 Å². The Kier molecular flexibility index (Phi) is 2.73. The van der Waals surface area contributed by atoms with E-state index >= 15 is 0 Å². The lowest BCUT2D eigenvalue weighted by Gasteiger charge is -2.08. The smallest absolute Gasteiger partial charge is 0.296 e. The number of alkyl halides is 3. The predicted octanol–water partition coefficient (Wildman–Crippen LogP) is 3.11. The highest BCUT2D eigenvalue weighted by atomic mass is 19.4. The number of pyridine rings is 1. The first-order chi connectivity index (χ1) is 8.32. The molecule has 94 valence electrons. The van der Waals surface area contributed by atoms with Crippen LogP contribution in [0.25, 0.3) is 5.65 Å². The van der Waals surface area contributed by atoms with Gasteiger partial charge in [-0.3, -0.25) is 9.20 Å². The highest BCUT2D eigenvalue weighted by Crippen LogP contribution is 2.32. The SMILES string of the molecule is C=C(C)C(=O)c1cnc2c(C(F)(F)F)cccn12. The van der Waals surface area contributed by atoms with Crippen molar-refractivity contribution in [3.63, 3.8) is 0 Å². The van der Waals surface area contributed by atoms with Gasteiger partial charge in [0.2, 0.25) is 5.78 Å². The average Bonchev–Trinajstić information content (AvgIpc) is 2.69. The fourth-order valence-corrected chi connectivity index (χ4v) is 1.62. The van der Waals surface area contributed by atoms with Gasteiger partial charge in [-0.1, -0.05) is 6.58 Å². The largest absolute Gasteiger partial charge is 0.419 e. The van der Waals surface area contributed by atoms with E-state index in [4.69, 9.17) is 0 Å². The van der Waals surface area contributed by atoms with Gasteiger partial charge in [-0.05, 0) is 24.6 Å². The molecule has 0 N–H and O–H groups in total. The molecule has 18 heavy (non-hydrogen) atoms. The normalized spacial score (nSPS) is 11.8. The van der Waals surface area contributed by atoms with Gasteiger partial charge in [0.15, 0.2) is 0 Å². The van der Waals surface area contributed by atoms with Crippen molar-refractivity contribution >= 4 is 11.4 Å². The van der Waals surface area contributed by atoms with Crippen LogP contribution in [0.5, 0.6) is 0 Å². The van der Waals surface area contributed by atoms with E-state index in [2.05, 4.69) is 11.6 Å². The van der Waals surface area contributed by atoms with Gasteiger partial charge >= 0.3 is 6.18 Å². The summed E-state index contributed by atoms with van der Waals surface area (Å²) in [6, 6.07) is 2.16. The second kappa shape index (κ2) is 3.97. The number of carbonyl (C=O) groups is 1. The summed E-state index contributed by atoms with van der Waals surface area (Å²) < 4.78 is 39.3. The van der Waals surface area contributed by atoms with Gasteiger partial charge in [-0.2, -0.15) is 13.2 Å². The van der Waals surface area contributed by atoms with Crippen molar-refractivity contribution in [3.8, 4) is 0 Å². The average molecular weight is 254 g/mol. The van der Waals surface area contributed by atoms with Crippen LogP contribution in [0.15, 0.2) is 36.7 Å². The molecule has 0 radical (unpaired) electrons. The molecule has 0 atom stereocenters. The summed E-state index contributed by atoms with van der Waals surface area (Å²) in [7, 11) is 0. The van der Waals surface area contributed by atoms with Gasteiger partial charge in [0.1, 0.15) is 11.3 Å². The molecule has 0 aliphatic carbocycles. The number of fused-ring (bicyclic) bond motifs is 1. The molecule has 2 aromatic rings. The summed E-state index contributed by atoms with van der Waals surface area (Å²) in [6.45, 7) is 4.97. The number of ketones is 1. The van der Waals surface area contributed by atoms with E-state index < -0.39 is 17.5 Å². The highest BCUT2D eigenvalue weighted by Gasteiger charge is 2.34. The van der Waals surface area contributed by atoms with Gasteiger partial charge in [0, 0.05) is 6.20 Å². The van der Waals surface area contributed by atoms with E-state index in [-0.39, 0.29) is 16.9 Å². The summed E-state index contributed by atoms with van der Waals surface area (Å²) in [5.74, 6) is -0.429. The fourth-order valence-electron chi connectivity index (χ4n) is 1.62. The number of carbonyl (C=O) groups excluding carboxylic acids is 1. The molecule has 0 fully saturated rings. The maximum absolute atomic E-state index is 12.7. The second-order valence-electron chi connectivity index (χ2n) is 3.87. The zero-order chi connectivity index (χ0) is 13.5. The van der Waals surface area contributed by atoms with Crippen molar-refractivity contribution in [2.24, 2.45) is 0 Å². The minimum atomic E-state index is -4.50. The first-order valence-electron chi connectivity index (χ1n) is 5.06. The Morgan fingerprint density at radius 1 is 1.44 bits per heavy atom. The van der Waals surface area contributed by atoms with Crippen LogP contribution in [-0.2, 0) is 6.18 Å².